The van der Waals surface area contributed by atoms with Crippen molar-refractivity contribution in [3.8, 4) is 11.1 Å². The molecule has 3 rings (SSSR count). The first-order valence-electron chi connectivity index (χ1n) is 8.38. The lowest BCUT2D eigenvalue weighted by molar-refractivity contribution is -0.133. The van der Waals surface area contributed by atoms with Gasteiger partial charge in [0.05, 0.1) is 6.42 Å². The van der Waals surface area contributed by atoms with Crippen molar-refractivity contribution in [3.05, 3.63) is 54.1 Å². The molecule has 0 bridgehead atoms. The van der Waals surface area contributed by atoms with E-state index < -0.39 is 0 Å². The van der Waals surface area contributed by atoms with Gasteiger partial charge < -0.3 is 10.6 Å². The average Bonchev–Trinajstić information content (AvgIpc) is 2.57. The molecule has 23 heavy (non-hydrogen) atoms. The van der Waals surface area contributed by atoms with Crippen LogP contribution in [0.4, 0.5) is 5.69 Å². The molecular formula is C20H24N2O. The number of likely N-dealkylation sites (tertiary alicyclic amines) is 1. The quantitative estimate of drug-likeness (QED) is 0.875. The zero-order chi connectivity index (χ0) is 16.2. The van der Waals surface area contributed by atoms with E-state index in [0.29, 0.717) is 12.5 Å². The second-order valence-electron chi connectivity index (χ2n) is 6.43. The van der Waals surface area contributed by atoms with E-state index in [1.54, 1.807) is 0 Å². The van der Waals surface area contributed by atoms with Crippen LogP contribution in [0.5, 0.6) is 0 Å². The summed E-state index contributed by atoms with van der Waals surface area (Å²) in [4.78, 5) is 14.5. The Balaban J connectivity index is 1.67. The van der Waals surface area contributed by atoms with Gasteiger partial charge in [0.1, 0.15) is 0 Å². The Morgan fingerprint density at radius 1 is 1.04 bits per heavy atom. The molecule has 2 N–H and O–H groups in total. The number of carbonyl (C=O) groups excluding carboxylic acids is 1. The normalized spacial score (nSPS) is 18.0. The molecule has 3 nitrogen and oxygen atoms in total. The second kappa shape index (κ2) is 6.86. The molecule has 1 heterocycles. The number of benzene rings is 2. The van der Waals surface area contributed by atoms with E-state index in [0.717, 1.165) is 41.8 Å². The summed E-state index contributed by atoms with van der Waals surface area (Å²) < 4.78 is 0. The standard InChI is InChI=1S/C20H24N2O/c1-15-4-2-3-13-22(15)20(23)14-16-5-7-17(8-6-16)18-9-11-19(21)12-10-18/h5-12,15H,2-4,13-14,21H2,1H3/t15-/m0/s1. The number of rotatable bonds is 3. The predicted octanol–water partition coefficient (Wildman–Crippen LogP) is 3.88. The predicted molar refractivity (Wildman–Crippen MR) is 95.0 cm³/mol. The topological polar surface area (TPSA) is 46.3 Å². The van der Waals surface area contributed by atoms with E-state index >= 15 is 0 Å². The molecule has 2 aromatic rings. The van der Waals surface area contributed by atoms with Gasteiger partial charge in [-0.25, -0.2) is 0 Å². The van der Waals surface area contributed by atoms with E-state index in [2.05, 4.69) is 31.2 Å². The number of piperidine rings is 1. The molecule has 0 aliphatic carbocycles. The van der Waals surface area contributed by atoms with Gasteiger partial charge in [0.15, 0.2) is 0 Å². The Bertz CT molecular complexity index is 661. The Hall–Kier alpha value is -2.29. The fourth-order valence-electron chi connectivity index (χ4n) is 3.24. The smallest absolute Gasteiger partial charge is 0.227 e. The highest BCUT2D eigenvalue weighted by Crippen LogP contribution is 2.22. The molecule has 0 radical (unpaired) electrons. The third kappa shape index (κ3) is 3.73. The van der Waals surface area contributed by atoms with Gasteiger partial charge in [-0.2, -0.15) is 0 Å². The maximum absolute atomic E-state index is 12.5. The minimum Gasteiger partial charge on any atom is -0.399 e. The highest BCUT2D eigenvalue weighted by molar-refractivity contribution is 5.79. The van der Waals surface area contributed by atoms with Gasteiger partial charge in [-0.3, -0.25) is 4.79 Å². The van der Waals surface area contributed by atoms with Crippen molar-refractivity contribution in [2.75, 3.05) is 12.3 Å². The highest BCUT2D eigenvalue weighted by Gasteiger charge is 2.22. The molecule has 0 saturated carbocycles. The van der Waals surface area contributed by atoms with Crippen molar-refractivity contribution >= 4 is 11.6 Å². The molecular weight excluding hydrogens is 284 g/mol. The number of nitrogen functional groups attached to an aromatic ring is 1. The third-order valence-electron chi connectivity index (χ3n) is 4.68. The SMILES string of the molecule is C[C@H]1CCCCN1C(=O)Cc1ccc(-c2ccc(N)cc2)cc1. The van der Waals surface area contributed by atoms with Crippen LogP contribution in [0.1, 0.15) is 31.7 Å². The monoisotopic (exact) mass is 308 g/mol. The number of amides is 1. The summed E-state index contributed by atoms with van der Waals surface area (Å²) in [5.74, 6) is 0.248. The zero-order valence-electron chi connectivity index (χ0n) is 13.7. The zero-order valence-corrected chi connectivity index (χ0v) is 13.7. The Labute approximate surface area is 138 Å². The van der Waals surface area contributed by atoms with Crippen molar-refractivity contribution in [3.63, 3.8) is 0 Å². The minimum absolute atomic E-state index is 0.248. The maximum atomic E-state index is 12.5. The molecule has 1 fully saturated rings. The summed E-state index contributed by atoms with van der Waals surface area (Å²) in [5, 5.41) is 0. The van der Waals surface area contributed by atoms with Crippen LogP contribution in [0.25, 0.3) is 11.1 Å². The molecule has 1 amide bonds. The molecule has 1 aliphatic heterocycles. The summed E-state index contributed by atoms with van der Waals surface area (Å²) in [7, 11) is 0. The van der Waals surface area contributed by atoms with Crippen LogP contribution in [0.2, 0.25) is 0 Å². The lowest BCUT2D eigenvalue weighted by atomic mass is 10.0. The molecule has 1 aliphatic rings. The number of anilines is 1. The summed E-state index contributed by atoms with van der Waals surface area (Å²) in [6.07, 6.45) is 3.99. The van der Waals surface area contributed by atoms with Gasteiger partial charge >= 0.3 is 0 Å². The van der Waals surface area contributed by atoms with Gasteiger partial charge in [-0.05, 0) is 55.0 Å². The number of hydrogen-bond acceptors (Lipinski definition) is 2. The molecule has 1 atom stereocenters. The van der Waals surface area contributed by atoms with E-state index in [1.807, 2.05) is 29.2 Å². The number of nitrogens with two attached hydrogens (primary N) is 1. The number of nitrogens with zero attached hydrogens (tertiary/aromatic N) is 1. The van der Waals surface area contributed by atoms with Gasteiger partial charge in [-0.15, -0.1) is 0 Å². The van der Waals surface area contributed by atoms with E-state index in [4.69, 9.17) is 5.73 Å². The lowest BCUT2D eigenvalue weighted by Crippen LogP contribution is -2.42. The van der Waals surface area contributed by atoms with Crippen molar-refractivity contribution in [2.24, 2.45) is 0 Å². The van der Waals surface area contributed by atoms with Gasteiger partial charge in [0, 0.05) is 18.3 Å². The number of carbonyl (C=O) groups is 1. The summed E-state index contributed by atoms with van der Waals surface area (Å²) >= 11 is 0. The number of hydrogen-bond donors (Lipinski definition) is 1. The largest absolute Gasteiger partial charge is 0.399 e. The fourth-order valence-corrected chi connectivity index (χ4v) is 3.24. The van der Waals surface area contributed by atoms with E-state index in [-0.39, 0.29) is 5.91 Å². The van der Waals surface area contributed by atoms with Crippen LogP contribution in [0.3, 0.4) is 0 Å². The van der Waals surface area contributed by atoms with Gasteiger partial charge in [0.2, 0.25) is 5.91 Å². The Kier molecular flexibility index (Phi) is 4.65. The van der Waals surface area contributed by atoms with Crippen LogP contribution in [-0.4, -0.2) is 23.4 Å². The van der Waals surface area contributed by atoms with Crippen molar-refractivity contribution in [1.82, 2.24) is 4.90 Å². The lowest BCUT2D eigenvalue weighted by Gasteiger charge is -2.33. The highest BCUT2D eigenvalue weighted by atomic mass is 16.2. The van der Waals surface area contributed by atoms with Crippen LogP contribution >= 0.6 is 0 Å². The molecule has 1 saturated heterocycles. The molecule has 0 spiro atoms. The molecule has 120 valence electrons. The van der Waals surface area contributed by atoms with Crippen molar-refractivity contribution in [1.29, 1.82) is 0 Å². The molecule has 2 aromatic carbocycles. The second-order valence-corrected chi connectivity index (χ2v) is 6.43. The molecule has 0 unspecified atom stereocenters. The first-order valence-corrected chi connectivity index (χ1v) is 8.38. The first kappa shape index (κ1) is 15.6. The van der Waals surface area contributed by atoms with Crippen LogP contribution < -0.4 is 5.73 Å². The summed E-state index contributed by atoms with van der Waals surface area (Å²) in [6, 6.07) is 16.5. The fraction of sp³-hybridized carbons (Fsp3) is 0.350. The maximum Gasteiger partial charge on any atom is 0.227 e. The Morgan fingerprint density at radius 3 is 2.26 bits per heavy atom. The first-order chi connectivity index (χ1) is 11.1. The van der Waals surface area contributed by atoms with Crippen LogP contribution in [-0.2, 0) is 11.2 Å². The van der Waals surface area contributed by atoms with E-state index in [9.17, 15) is 4.79 Å². The summed E-state index contributed by atoms with van der Waals surface area (Å²) in [6.45, 7) is 3.06. The van der Waals surface area contributed by atoms with Gasteiger partial charge in [0.25, 0.3) is 0 Å². The van der Waals surface area contributed by atoms with E-state index in [1.165, 1.54) is 6.42 Å². The van der Waals surface area contributed by atoms with Crippen molar-refractivity contribution in [2.45, 2.75) is 38.6 Å². The minimum atomic E-state index is 0.248. The molecule has 0 aromatic heterocycles. The summed E-state index contributed by atoms with van der Waals surface area (Å²) in [5.41, 5.74) is 9.86. The Morgan fingerprint density at radius 2 is 1.65 bits per heavy atom. The van der Waals surface area contributed by atoms with Crippen molar-refractivity contribution < 1.29 is 4.79 Å². The molecule has 3 heteroatoms. The average molecular weight is 308 g/mol. The van der Waals surface area contributed by atoms with Gasteiger partial charge in [-0.1, -0.05) is 36.4 Å². The van der Waals surface area contributed by atoms with Crippen LogP contribution in [0.15, 0.2) is 48.5 Å². The third-order valence-corrected chi connectivity index (χ3v) is 4.68. The van der Waals surface area contributed by atoms with Crippen LogP contribution in [0, 0.1) is 0 Å².